The van der Waals surface area contributed by atoms with Crippen LogP contribution in [-0.2, 0) is 6.54 Å². The van der Waals surface area contributed by atoms with Gasteiger partial charge in [-0.2, -0.15) is 0 Å². The van der Waals surface area contributed by atoms with Crippen LogP contribution in [0, 0.1) is 5.82 Å². The van der Waals surface area contributed by atoms with Gasteiger partial charge in [0.15, 0.2) is 11.5 Å². The van der Waals surface area contributed by atoms with Gasteiger partial charge < -0.3 is 20.1 Å². The first kappa shape index (κ1) is 22.1. The Morgan fingerprint density at radius 1 is 0.935 bits per heavy atom. The Labute approximate surface area is 183 Å². The molecule has 0 bridgehead atoms. The average Bonchev–Trinajstić information content (AvgIpc) is 2.77. The smallest absolute Gasteiger partial charge is 0.255 e. The van der Waals surface area contributed by atoms with E-state index in [9.17, 15) is 14.0 Å². The number of halogens is 2. The number of hydrogen-bond acceptors (Lipinski definition) is 4. The van der Waals surface area contributed by atoms with E-state index in [-0.39, 0.29) is 23.4 Å². The van der Waals surface area contributed by atoms with Crippen LogP contribution in [-0.4, -0.2) is 26.0 Å². The molecule has 2 amide bonds. The van der Waals surface area contributed by atoms with E-state index in [1.807, 2.05) is 6.07 Å². The number of amides is 2. The molecule has 0 saturated heterocycles. The van der Waals surface area contributed by atoms with Gasteiger partial charge in [0.1, 0.15) is 5.82 Å². The fourth-order valence-electron chi connectivity index (χ4n) is 2.90. The van der Waals surface area contributed by atoms with Crippen molar-refractivity contribution in [2.24, 2.45) is 0 Å². The Kier molecular flexibility index (Phi) is 7.10. The summed E-state index contributed by atoms with van der Waals surface area (Å²) in [7, 11) is 2.92. The molecular weight excluding hydrogens is 423 g/mol. The highest BCUT2D eigenvalue weighted by Gasteiger charge is 2.15. The monoisotopic (exact) mass is 442 g/mol. The van der Waals surface area contributed by atoms with Crippen molar-refractivity contribution in [2.75, 3.05) is 19.5 Å². The number of hydrogen-bond donors (Lipinski definition) is 2. The first-order chi connectivity index (χ1) is 14.9. The molecule has 8 heteroatoms. The van der Waals surface area contributed by atoms with Crippen molar-refractivity contribution in [3.05, 3.63) is 88.2 Å². The van der Waals surface area contributed by atoms with Crippen LogP contribution in [0.4, 0.5) is 10.1 Å². The number of anilines is 1. The normalized spacial score (nSPS) is 10.3. The molecule has 0 atom stereocenters. The second kappa shape index (κ2) is 9.95. The molecule has 3 aromatic rings. The van der Waals surface area contributed by atoms with Gasteiger partial charge in [-0.3, -0.25) is 9.59 Å². The first-order valence-corrected chi connectivity index (χ1v) is 9.64. The van der Waals surface area contributed by atoms with Crippen molar-refractivity contribution in [3.8, 4) is 11.5 Å². The Balaban J connectivity index is 1.66. The van der Waals surface area contributed by atoms with E-state index < -0.39 is 5.82 Å². The fourth-order valence-corrected chi connectivity index (χ4v) is 3.18. The first-order valence-electron chi connectivity index (χ1n) is 9.27. The van der Waals surface area contributed by atoms with Crippen molar-refractivity contribution in [1.29, 1.82) is 0 Å². The molecule has 0 aliphatic carbocycles. The number of carbonyl (C=O) groups excluding carboxylic acids is 2. The molecular formula is C23H20ClFN2O4. The minimum absolute atomic E-state index is 0.227. The van der Waals surface area contributed by atoms with E-state index in [0.29, 0.717) is 28.3 Å². The standard InChI is InChI=1S/C23H20ClFN2O4/c1-30-20-12-16(11-19(24)21(20)31-2)22(28)26-13-14-4-3-5-18(10-14)27-23(29)15-6-8-17(25)9-7-15/h3-12H,13H2,1-2H3,(H,26,28)(H,27,29). The minimum atomic E-state index is -0.412. The molecule has 0 aromatic heterocycles. The third kappa shape index (κ3) is 5.52. The zero-order valence-corrected chi connectivity index (χ0v) is 17.6. The van der Waals surface area contributed by atoms with Gasteiger partial charge in [-0.1, -0.05) is 23.7 Å². The molecule has 3 aromatic carbocycles. The van der Waals surface area contributed by atoms with Crippen LogP contribution in [0.1, 0.15) is 26.3 Å². The highest BCUT2D eigenvalue weighted by molar-refractivity contribution is 6.32. The van der Waals surface area contributed by atoms with Crippen molar-refractivity contribution in [1.82, 2.24) is 5.32 Å². The SMILES string of the molecule is COc1cc(C(=O)NCc2cccc(NC(=O)c3ccc(F)cc3)c2)cc(Cl)c1OC. The van der Waals surface area contributed by atoms with Gasteiger partial charge in [-0.15, -0.1) is 0 Å². The lowest BCUT2D eigenvalue weighted by Crippen LogP contribution is -2.23. The van der Waals surface area contributed by atoms with Gasteiger partial charge >= 0.3 is 0 Å². The molecule has 0 aliphatic heterocycles. The summed E-state index contributed by atoms with van der Waals surface area (Å²) in [5.41, 5.74) is 1.99. The summed E-state index contributed by atoms with van der Waals surface area (Å²) < 4.78 is 23.4. The van der Waals surface area contributed by atoms with Gasteiger partial charge in [0, 0.05) is 23.4 Å². The van der Waals surface area contributed by atoms with Gasteiger partial charge in [0.05, 0.1) is 19.2 Å². The predicted molar refractivity (Wildman–Crippen MR) is 117 cm³/mol. The maximum Gasteiger partial charge on any atom is 0.255 e. The molecule has 0 unspecified atom stereocenters. The van der Waals surface area contributed by atoms with Crippen molar-refractivity contribution < 1.29 is 23.5 Å². The molecule has 6 nitrogen and oxygen atoms in total. The number of ether oxygens (including phenoxy) is 2. The zero-order chi connectivity index (χ0) is 22.4. The van der Waals surface area contributed by atoms with E-state index in [1.54, 1.807) is 24.3 Å². The number of rotatable bonds is 7. The topological polar surface area (TPSA) is 76.7 Å². The van der Waals surface area contributed by atoms with Crippen molar-refractivity contribution in [3.63, 3.8) is 0 Å². The predicted octanol–water partition coefficient (Wildman–Crippen LogP) is 4.68. The third-order valence-electron chi connectivity index (χ3n) is 4.44. The van der Waals surface area contributed by atoms with Crippen molar-refractivity contribution >= 4 is 29.1 Å². The summed E-state index contributed by atoms with van der Waals surface area (Å²) in [4.78, 5) is 24.8. The van der Waals surface area contributed by atoms with Crippen LogP contribution < -0.4 is 20.1 Å². The second-order valence-corrected chi connectivity index (χ2v) is 6.94. The van der Waals surface area contributed by atoms with E-state index in [4.69, 9.17) is 21.1 Å². The van der Waals surface area contributed by atoms with Crippen LogP contribution in [0.15, 0.2) is 60.7 Å². The van der Waals surface area contributed by atoms with E-state index in [2.05, 4.69) is 10.6 Å². The molecule has 0 spiro atoms. The Bertz CT molecular complexity index is 1100. The lowest BCUT2D eigenvalue weighted by atomic mass is 10.1. The molecule has 160 valence electrons. The maximum atomic E-state index is 13.0. The summed E-state index contributed by atoms with van der Waals surface area (Å²) in [5, 5.41) is 5.81. The molecule has 0 fully saturated rings. The summed E-state index contributed by atoms with van der Waals surface area (Å²) in [6.45, 7) is 0.227. The van der Waals surface area contributed by atoms with Crippen LogP contribution in [0.25, 0.3) is 0 Å². The zero-order valence-electron chi connectivity index (χ0n) is 16.9. The Morgan fingerprint density at radius 3 is 2.35 bits per heavy atom. The summed E-state index contributed by atoms with van der Waals surface area (Å²) in [6.07, 6.45) is 0. The largest absolute Gasteiger partial charge is 0.493 e. The van der Waals surface area contributed by atoms with Gasteiger partial charge in [-0.25, -0.2) is 4.39 Å². The molecule has 0 saturated carbocycles. The molecule has 0 radical (unpaired) electrons. The van der Waals surface area contributed by atoms with Gasteiger partial charge in [0.2, 0.25) is 0 Å². The Hall–Kier alpha value is -3.58. The van der Waals surface area contributed by atoms with Crippen LogP contribution >= 0.6 is 11.6 Å². The third-order valence-corrected chi connectivity index (χ3v) is 4.72. The Morgan fingerprint density at radius 2 is 1.68 bits per heavy atom. The molecule has 2 N–H and O–H groups in total. The molecule has 0 heterocycles. The second-order valence-electron chi connectivity index (χ2n) is 6.54. The van der Waals surface area contributed by atoms with Gasteiger partial charge in [0.25, 0.3) is 11.8 Å². The highest BCUT2D eigenvalue weighted by atomic mass is 35.5. The van der Waals surface area contributed by atoms with Crippen LogP contribution in [0.3, 0.4) is 0 Å². The van der Waals surface area contributed by atoms with Crippen LogP contribution in [0.2, 0.25) is 5.02 Å². The lowest BCUT2D eigenvalue weighted by molar-refractivity contribution is 0.0949. The van der Waals surface area contributed by atoms with Gasteiger partial charge in [-0.05, 0) is 54.1 Å². The maximum absolute atomic E-state index is 13.0. The minimum Gasteiger partial charge on any atom is -0.493 e. The van der Waals surface area contributed by atoms with E-state index in [1.165, 1.54) is 44.6 Å². The molecule has 3 rings (SSSR count). The number of nitrogens with one attached hydrogen (secondary N) is 2. The number of benzene rings is 3. The fraction of sp³-hybridized carbons (Fsp3) is 0.130. The van der Waals surface area contributed by atoms with Crippen LogP contribution in [0.5, 0.6) is 11.5 Å². The number of methoxy groups -OCH3 is 2. The van der Waals surface area contributed by atoms with E-state index in [0.717, 1.165) is 5.56 Å². The summed E-state index contributed by atoms with van der Waals surface area (Å²) in [6, 6.07) is 15.3. The summed E-state index contributed by atoms with van der Waals surface area (Å²) in [5.74, 6) is -0.411. The summed E-state index contributed by atoms with van der Waals surface area (Å²) >= 11 is 6.16. The lowest BCUT2D eigenvalue weighted by Gasteiger charge is -2.12. The average molecular weight is 443 g/mol. The van der Waals surface area contributed by atoms with Crippen molar-refractivity contribution in [2.45, 2.75) is 6.54 Å². The quantitative estimate of drug-likeness (QED) is 0.557. The highest BCUT2D eigenvalue weighted by Crippen LogP contribution is 2.36. The molecule has 31 heavy (non-hydrogen) atoms. The number of carbonyl (C=O) groups is 2. The molecule has 0 aliphatic rings. The van der Waals surface area contributed by atoms with E-state index >= 15 is 0 Å².